The summed E-state index contributed by atoms with van der Waals surface area (Å²) < 4.78 is 5.68. The second-order valence-corrected chi connectivity index (χ2v) is 8.74. The van der Waals surface area contributed by atoms with Crippen molar-refractivity contribution in [3.05, 3.63) is 12.3 Å². The van der Waals surface area contributed by atoms with E-state index in [1.165, 1.54) is 0 Å². The van der Waals surface area contributed by atoms with Gasteiger partial charge in [0.2, 0.25) is 8.32 Å². The van der Waals surface area contributed by atoms with E-state index in [9.17, 15) is 0 Å². The Bertz CT molecular complexity index is 309. The van der Waals surface area contributed by atoms with Gasteiger partial charge in [-0.3, -0.25) is 0 Å². The highest BCUT2D eigenvalue weighted by atomic mass is 28.4. The first-order valence-electron chi connectivity index (χ1n) is 4.58. The summed E-state index contributed by atoms with van der Waals surface area (Å²) in [5.41, 5.74) is 0. The molecule has 0 bridgehead atoms. The summed E-state index contributed by atoms with van der Waals surface area (Å²) in [7, 11) is 2.29. The second kappa shape index (κ2) is 3.96. The maximum Gasteiger partial charge on any atom is 0.304 e. The van der Waals surface area contributed by atoms with E-state index in [0.717, 1.165) is 5.82 Å². The lowest BCUT2D eigenvalue weighted by atomic mass is 10.5. The Balaban J connectivity index is 2.84. The molecule has 1 rings (SSSR count). The van der Waals surface area contributed by atoms with Crippen molar-refractivity contribution >= 4 is 14.1 Å². The van der Waals surface area contributed by atoms with Crippen LogP contribution in [-0.4, -0.2) is 32.4 Å². The Morgan fingerprint density at radius 3 is 2.43 bits per heavy atom. The SMILES string of the molecule is CN(C)c1ccnc(O[Si](C)(C)C)n1. The third kappa shape index (κ3) is 3.33. The van der Waals surface area contributed by atoms with Crippen molar-refractivity contribution in [1.82, 2.24) is 9.97 Å². The molecular formula is C9H17N3OSi. The molecule has 0 aliphatic rings. The molecule has 0 aromatic carbocycles. The first-order valence-corrected chi connectivity index (χ1v) is 7.99. The van der Waals surface area contributed by atoms with Gasteiger partial charge in [0.15, 0.2) is 0 Å². The molecule has 0 spiro atoms. The van der Waals surface area contributed by atoms with Gasteiger partial charge in [-0.2, -0.15) is 4.98 Å². The highest BCUT2D eigenvalue weighted by molar-refractivity contribution is 6.70. The smallest absolute Gasteiger partial charge is 0.304 e. The van der Waals surface area contributed by atoms with Crippen LogP contribution in [0.1, 0.15) is 0 Å². The van der Waals surface area contributed by atoms with Crippen molar-refractivity contribution in [2.45, 2.75) is 19.6 Å². The topological polar surface area (TPSA) is 38.2 Å². The number of rotatable bonds is 3. The Morgan fingerprint density at radius 1 is 1.29 bits per heavy atom. The average Bonchev–Trinajstić information content (AvgIpc) is 2.01. The number of nitrogens with zero attached hydrogens (tertiary/aromatic N) is 3. The van der Waals surface area contributed by atoms with Crippen LogP contribution in [0.25, 0.3) is 0 Å². The largest absolute Gasteiger partial charge is 0.518 e. The van der Waals surface area contributed by atoms with Crippen molar-refractivity contribution in [3.63, 3.8) is 0 Å². The van der Waals surface area contributed by atoms with Gasteiger partial charge in [-0.25, -0.2) is 4.98 Å². The Kier molecular flexibility index (Phi) is 3.10. The van der Waals surface area contributed by atoms with Crippen LogP contribution < -0.4 is 9.33 Å². The van der Waals surface area contributed by atoms with Crippen molar-refractivity contribution in [3.8, 4) is 6.01 Å². The number of aromatic nitrogens is 2. The Hall–Kier alpha value is -1.10. The highest BCUT2D eigenvalue weighted by Gasteiger charge is 2.18. The summed E-state index contributed by atoms with van der Waals surface area (Å²) in [5, 5.41) is 0. The first kappa shape index (κ1) is 11.0. The van der Waals surface area contributed by atoms with Crippen molar-refractivity contribution in [2.24, 2.45) is 0 Å². The average molecular weight is 211 g/mol. The molecule has 1 heterocycles. The lowest BCUT2D eigenvalue weighted by Gasteiger charge is -2.18. The summed E-state index contributed by atoms with van der Waals surface area (Å²) in [6.07, 6.45) is 1.72. The van der Waals surface area contributed by atoms with E-state index >= 15 is 0 Å². The van der Waals surface area contributed by atoms with Gasteiger partial charge in [0.05, 0.1) is 0 Å². The summed E-state index contributed by atoms with van der Waals surface area (Å²) >= 11 is 0. The predicted octanol–water partition coefficient (Wildman–Crippen LogP) is 1.76. The van der Waals surface area contributed by atoms with Crippen LogP contribution in [0.4, 0.5) is 5.82 Å². The zero-order chi connectivity index (χ0) is 10.8. The van der Waals surface area contributed by atoms with E-state index in [0.29, 0.717) is 6.01 Å². The molecule has 14 heavy (non-hydrogen) atoms. The van der Waals surface area contributed by atoms with E-state index < -0.39 is 8.32 Å². The molecule has 1 aromatic heterocycles. The molecule has 78 valence electrons. The van der Waals surface area contributed by atoms with Crippen molar-refractivity contribution in [2.75, 3.05) is 19.0 Å². The van der Waals surface area contributed by atoms with E-state index in [2.05, 4.69) is 29.6 Å². The van der Waals surface area contributed by atoms with Crippen LogP contribution in [-0.2, 0) is 0 Å². The lowest BCUT2D eigenvalue weighted by molar-refractivity contribution is 0.509. The molecule has 0 radical (unpaired) electrons. The molecular weight excluding hydrogens is 194 g/mol. The molecule has 5 heteroatoms. The van der Waals surface area contributed by atoms with Crippen LogP contribution in [0.3, 0.4) is 0 Å². The van der Waals surface area contributed by atoms with Gasteiger partial charge in [0.1, 0.15) is 5.82 Å². The van der Waals surface area contributed by atoms with Crippen LogP contribution in [0.15, 0.2) is 12.3 Å². The molecule has 0 saturated heterocycles. The predicted molar refractivity (Wildman–Crippen MR) is 60.3 cm³/mol. The zero-order valence-corrected chi connectivity index (χ0v) is 10.4. The normalized spacial score (nSPS) is 11.2. The van der Waals surface area contributed by atoms with E-state index in [1.54, 1.807) is 6.20 Å². The summed E-state index contributed by atoms with van der Waals surface area (Å²) in [4.78, 5) is 10.3. The van der Waals surface area contributed by atoms with E-state index in [4.69, 9.17) is 4.43 Å². The van der Waals surface area contributed by atoms with Crippen LogP contribution in [0.5, 0.6) is 6.01 Å². The molecule has 0 saturated carbocycles. The van der Waals surface area contributed by atoms with Crippen LogP contribution >= 0.6 is 0 Å². The lowest BCUT2D eigenvalue weighted by Crippen LogP contribution is -2.30. The molecule has 0 amide bonds. The van der Waals surface area contributed by atoms with Gasteiger partial charge >= 0.3 is 6.01 Å². The molecule has 1 aromatic rings. The van der Waals surface area contributed by atoms with Gasteiger partial charge < -0.3 is 9.33 Å². The summed E-state index contributed by atoms with van der Waals surface area (Å²) in [6, 6.07) is 2.34. The fourth-order valence-electron chi connectivity index (χ4n) is 0.904. The van der Waals surface area contributed by atoms with Crippen molar-refractivity contribution < 1.29 is 4.43 Å². The first-order chi connectivity index (χ1) is 6.38. The van der Waals surface area contributed by atoms with E-state index in [-0.39, 0.29) is 0 Å². The third-order valence-electron chi connectivity index (χ3n) is 1.47. The molecule has 0 fully saturated rings. The molecule has 4 nitrogen and oxygen atoms in total. The van der Waals surface area contributed by atoms with Crippen molar-refractivity contribution in [1.29, 1.82) is 0 Å². The summed E-state index contributed by atoms with van der Waals surface area (Å²) in [6.45, 7) is 6.33. The van der Waals surface area contributed by atoms with E-state index in [1.807, 2.05) is 25.1 Å². The minimum absolute atomic E-state index is 0.482. The monoisotopic (exact) mass is 211 g/mol. The second-order valence-electron chi connectivity index (χ2n) is 4.31. The number of hydrogen-bond acceptors (Lipinski definition) is 4. The fourth-order valence-corrected chi connectivity index (χ4v) is 1.55. The minimum atomic E-state index is -1.60. The Labute approximate surface area is 86.1 Å². The maximum absolute atomic E-state index is 5.68. The third-order valence-corrected chi connectivity index (χ3v) is 2.27. The van der Waals surface area contributed by atoms with Gasteiger partial charge in [-0.05, 0) is 25.7 Å². The van der Waals surface area contributed by atoms with Gasteiger partial charge in [0, 0.05) is 20.3 Å². The number of hydrogen-bond donors (Lipinski definition) is 0. The molecule has 0 N–H and O–H groups in total. The van der Waals surface area contributed by atoms with Gasteiger partial charge in [-0.15, -0.1) is 0 Å². The minimum Gasteiger partial charge on any atom is -0.518 e. The van der Waals surface area contributed by atoms with Gasteiger partial charge in [-0.1, -0.05) is 0 Å². The van der Waals surface area contributed by atoms with Crippen LogP contribution in [0.2, 0.25) is 19.6 Å². The fraction of sp³-hybridized carbons (Fsp3) is 0.556. The molecule has 0 aliphatic heterocycles. The Morgan fingerprint density at radius 2 is 1.93 bits per heavy atom. The zero-order valence-electron chi connectivity index (χ0n) is 9.40. The molecule has 0 aliphatic carbocycles. The highest BCUT2D eigenvalue weighted by Crippen LogP contribution is 2.13. The van der Waals surface area contributed by atoms with Gasteiger partial charge in [0.25, 0.3) is 0 Å². The van der Waals surface area contributed by atoms with Crippen LogP contribution in [0, 0.1) is 0 Å². The molecule has 0 atom stereocenters. The maximum atomic E-state index is 5.68. The summed E-state index contributed by atoms with van der Waals surface area (Å²) in [5.74, 6) is 0.869. The quantitative estimate of drug-likeness (QED) is 0.714. The number of anilines is 1. The molecule has 0 unspecified atom stereocenters. The standard InChI is InChI=1S/C9H17N3OSi/c1-12(2)8-6-7-10-9(11-8)13-14(3,4)5/h6-7H,1-5H3.